The first-order valence-corrected chi connectivity index (χ1v) is 12.0. The van der Waals surface area contributed by atoms with Crippen LogP contribution in [0.5, 0.6) is 23.0 Å². The Morgan fingerprint density at radius 2 is 1.54 bits per heavy atom. The van der Waals surface area contributed by atoms with Crippen molar-refractivity contribution in [2.45, 2.75) is 39.1 Å². The summed E-state index contributed by atoms with van der Waals surface area (Å²) in [4.78, 5) is 0. The third-order valence-electron chi connectivity index (χ3n) is 6.99. The van der Waals surface area contributed by atoms with Gasteiger partial charge in [-0.3, -0.25) is 0 Å². The Balaban J connectivity index is 0.00000387. The summed E-state index contributed by atoms with van der Waals surface area (Å²) in [6.07, 6.45) is -3.00. The van der Waals surface area contributed by atoms with E-state index in [0.717, 1.165) is 16.8 Å². The number of aryl methyl sites for hydroxylation is 3. The molecule has 0 fully saturated rings. The number of fused-ring (bicyclic) bond motifs is 4. The van der Waals surface area contributed by atoms with Gasteiger partial charge in [0.05, 0.1) is 23.6 Å². The number of aromatic hydroxyl groups is 2. The number of benzene rings is 3. The third-order valence-corrected chi connectivity index (χ3v) is 6.99. The first kappa shape index (κ1) is 30.0. The number of hydrogen-bond acceptors (Lipinski definition) is 4. The van der Waals surface area contributed by atoms with E-state index in [1.165, 1.54) is 25.3 Å². The summed E-state index contributed by atoms with van der Waals surface area (Å²) >= 11 is 0. The normalized spacial score (nSPS) is 12.5. The first-order valence-electron chi connectivity index (χ1n) is 12.0. The Bertz CT molecular complexity index is 1660. The van der Waals surface area contributed by atoms with Crippen molar-refractivity contribution < 1.29 is 67.4 Å². The predicted octanol–water partition coefficient (Wildman–Crippen LogP) is 3.49. The van der Waals surface area contributed by atoms with E-state index >= 15 is 0 Å². The van der Waals surface area contributed by atoms with Crippen LogP contribution in [-0.4, -0.2) is 17.3 Å². The van der Waals surface area contributed by atoms with Gasteiger partial charge in [-0.15, -0.1) is 0 Å². The lowest BCUT2D eigenvalue weighted by Crippen LogP contribution is -3.00. The molecular formula is C28H21ClF7NO4. The summed E-state index contributed by atoms with van der Waals surface area (Å²) < 4.78 is 109. The Hall–Kier alpha value is -3.93. The second-order valence-electron chi connectivity index (χ2n) is 9.21. The first-order chi connectivity index (χ1) is 18.9. The Morgan fingerprint density at radius 3 is 2.12 bits per heavy atom. The number of aromatic nitrogens is 1. The van der Waals surface area contributed by atoms with Crippen LogP contribution in [0.2, 0.25) is 0 Å². The molecule has 0 unspecified atom stereocenters. The van der Waals surface area contributed by atoms with Crippen LogP contribution >= 0.6 is 0 Å². The van der Waals surface area contributed by atoms with Gasteiger partial charge in [-0.2, -0.15) is 17.7 Å². The zero-order valence-electron chi connectivity index (χ0n) is 21.4. The lowest BCUT2D eigenvalue weighted by Gasteiger charge is -2.21. The fourth-order valence-corrected chi connectivity index (χ4v) is 5.14. The van der Waals surface area contributed by atoms with E-state index in [-0.39, 0.29) is 35.4 Å². The van der Waals surface area contributed by atoms with E-state index in [0.29, 0.717) is 35.7 Å². The van der Waals surface area contributed by atoms with E-state index in [1.807, 2.05) is 11.5 Å². The molecule has 0 amide bonds. The Morgan fingerprint density at radius 1 is 0.902 bits per heavy atom. The smallest absolute Gasteiger partial charge is 0.422 e. The second kappa shape index (κ2) is 10.8. The number of nitrogens with zero attached hydrogens (tertiary/aromatic N) is 1. The molecule has 0 spiro atoms. The molecule has 2 N–H and O–H groups in total. The highest BCUT2D eigenvalue weighted by molar-refractivity contribution is 5.95. The zero-order valence-corrected chi connectivity index (χ0v) is 22.2. The minimum absolute atomic E-state index is 0. The SMILES string of the molecule is CCc1c2[n+](cc3c(OCc4c(F)c(F)c(C(F)(F)F)c(F)c4F)c(OC)ccc13)CCc1cc(O)c(O)cc1-2.[Cl-]. The highest BCUT2D eigenvalue weighted by Gasteiger charge is 2.42. The number of methoxy groups -OCH3 is 1. The number of rotatable bonds is 5. The monoisotopic (exact) mass is 603 g/mol. The average molecular weight is 604 g/mol. The van der Waals surface area contributed by atoms with Crippen molar-refractivity contribution in [1.29, 1.82) is 0 Å². The van der Waals surface area contributed by atoms with Crippen LogP contribution in [0, 0.1) is 23.3 Å². The van der Waals surface area contributed by atoms with Gasteiger partial charge in [-0.05, 0) is 36.2 Å². The molecule has 5 nitrogen and oxygen atoms in total. The maximum Gasteiger partial charge on any atom is 0.422 e. The molecule has 4 aromatic rings. The molecule has 0 bridgehead atoms. The van der Waals surface area contributed by atoms with Crippen LogP contribution in [0.15, 0.2) is 30.5 Å². The van der Waals surface area contributed by atoms with Gasteiger partial charge in [0.1, 0.15) is 12.2 Å². The molecule has 1 aliphatic rings. The lowest BCUT2D eigenvalue weighted by molar-refractivity contribution is -0.686. The molecule has 3 aromatic carbocycles. The van der Waals surface area contributed by atoms with E-state index < -0.39 is 47.2 Å². The maximum atomic E-state index is 14.5. The van der Waals surface area contributed by atoms with Crippen LogP contribution in [0.25, 0.3) is 22.0 Å². The molecule has 0 aliphatic carbocycles. The van der Waals surface area contributed by atoms with Gasteiger partial charge in [-0.1, -0.05) is 6.92 Å². The number of ether oxygens (including phenoxy) is 2. The fourth-order valence-electron chi connectivity index (χ4n) is 5.14. The molecule has 218 valence electrons. The quantitative estimate of drug-likeness (QED) is 0.159. The van der Waals surface area contributed by atoms with Gasteiger partial charge in [0.2, 0.25) is 5.69 Å². The fraction of sp³-hybridized carbons (Fsp3) is 0.250. The van der Waals surface area contributed by atoms with Crippen molar-refractivity contribution in [2.75, 3.05) is 7.11 Å². The number of hydrogen-bond donors (Lipinski definition) is 2. The summed E-state index contributed by atoms with van der Waals surface area (Å²) in [6.45, 7) is 1.19. The second-order valence-corrected chi connectivity index (χ2v) is 9.21. The number of halogens is 8. The van der Waals surface area contributed by atoms with Gasteiger partial charge >= 0.3 is 6.18 Å². The minimum atomic E-state index is -5.66. The van der Waals surface area contributed by atoms with Gasteiger partial charge in [-0.25, -0.2) is 17.6 Å². The summed E-state index contributed by atoms with van der Waals surface area (Å²) in [5.74, 6) is -10.1. The van der Waals surface area contributed by atoms with Crippen molar-refractivity contribution in [1.82, 2.24) is 0 Å². The van der Waals surface area contributed by atoms with Gasteiger partial charge in [0, 0.05) is 17.4 Å². The summed E-state index contributed by atoms with van der Waals surface area (Å²) in [6, 6.07) is 6.17. The Kier molecular flexibility index (Phi) is 7.92. The average Bonchev–Trinajstić information content (AvgIpc) is 2.90. The van der Waals surface area contributed by atoms with E-state index in [9.17, 15) is 40.9 Å². The molecule has 1 aliphatic heterocycles. The van der Waals surface area contributed by atoms with E-state index in [4.69, 9.17) is 9.47 Å². The summed E-state index contributed by atoms with van der Waals surface area (Å²) in [5, 5.41) is 21.1. The van der Waals surface area contributed by atoms with E-state index in [2.05, 4.69) is 0 Å². The standard InChI is InChI=1S/C28H20F7NO4.ClH/c1-3-13-14-4-5-20(39-2)27(40-11-17-22(29)24(31)21(28(33,34)35)25(32)23(17)30)16(14)10-36-7-6-12-8-18(37)19(38)9-15(12)26(13)36;/h4-5,8-10,38H,3,6-7,11H2,1-2H3;1H. The zero-order chi connectivity index (χ0) is 29.1. The highest BCUT2D eigenvalue weighted by Crippen LogP contribution is 2.43. The molecule has 0 saturated heterocycles. The van der Waals surface area contributed by atoms with Crippen molar-refractivity contribution in [3.05, 3.63) is 76.0 Å². The molecule has 13 heteroatoms. The molecular weight excluding hydrogens is 583 g/mol. The predicted molar refractivity (Wildman–Crippen MR) is 128 cm³/mol. The van der Waals surface area contributed by atoms with Crippen LogP contribution in [0.1, 0.15) is 29.2 Å². The minimum Gasteiger partial charge on any atom is -1.00 e. The Labute approximate surface area is 234 Å². The lowest BCUT2D eigenvalue weighted by atomic mass is 9.90. The van der Waals surface area contributed by atoms with Gasteiger partial charge in [0.15, 0.2) is 59.0 Å². The van der Waals surface area contributed by atoms with Gasteiger partial charge in [0.25, 0.3) is 0 Å². The van der Waals surface area contributed by atoms with Gasteiger partial charge < -0.3 is 32.1 Å². The molecule has 0 saturated carbocycles. The molecule has 0 atom stereocenters. The van der Waals surface area contributed by atoms with Crippen molar-refractivity contribution >= 4 is 10.8 Å². The van der Waals surface area contributed by atoms with Crippen LogP contribution in [-0.2, 0) is 32.2 Å². The summed E-state index contributed by atoms with van der Waals surface area (Å²) in [5.41, 5.74) is -0.964. The number of phenolic OH excluding ortho intramolecular Hbond substituents is 2. The largest absolute Gasteiger partial charge is 1.00 e. The number of phenols is 2. The van der Waals surface area contributed by atoms with Crippen LogP contribution in [0.4, 0.5) is 30.7 Å². The third kappa shape index (κ3) is 4.83. The van der Waals surface area contributed by atoms with Crippen molar-refractivity contribution in [3.8, 4) is 34.3 Å². The molecule has 2 heterocycles. The highest BCUT2D eigenvalue weighted by atomic mass is 35.5. The molecule has 41 heavy (non-hydrogen) atoms. The van der Waals surface area contributed by atoms with Crippen LogP contribution in [0.3, 0.4) is 0 Å². The summed E-state index contributed by atoms with van der Waals surface area (Å²) in [7, 11) is 1.30. The van der Waals surface area contributed by atoms with Crippen molar-refractivity contribution in [2.24, 2.45) is 0 Å². The molecule has 1 aromatic heterocycles. The van der Waals surface area contributed by atoms with Crippen molar-refractivity contribution in [3.63, 3.8) is 0 Å². The number of alkyl halides is 3. The maximum absolute atomic E-state index is 14.5. The topological polar surface area (TPSA) is 62.8 Å². The molecule has 0 radical (unpaired) electrons. The van der Waals surface area contributed by atoms with Crippen LogP contribution < -0.4 is 26.4 Å². The van der Waals surface area contributed by atoms with E-state index in [1.54, 1.807) is 12.3 Å². The molecule has 5 rings (SSSR count). The number of pyridine rings is 1.